The van der Waals surface area contributed by atoms with Crippen molar-refractivity contribution in [1.82, 2.24) is 10.2 Å². The third-order valence-electron chi connectivity index (χ3n) is 5.58. The zero-order valence-electron chi connectivity index (χ0n) is 16.7. The van der Waals surface area contributed by atoms with Crippen molar-refractivity contribution in [2.75, 3.05) is 19.7 Å². The monoisotopic (exact) mass is 388 g/mol. The molecule has 3 aromatic carbocycles. The van der Waals surface area contributed by atoms with Crippen LogP contribution in [0, 0.1) is 5.92 Å². The van der Waals surface area contributed by atoms with E-state index in [1.807, 2.05) is 41.3 Å². The lowest BCUT2D eigenvalue weighted by Crippen LogP contribution is -2.46. The molecule has 1 aliphatic rings. The summed E-state index contributed by atoms with van der Waals surface area (Å²) in [5.74, 6) is 0.399. The summed E-state index contributed by atoms with van der Waals surface area (Å²) in [6, 6.07) is 24.8. The van der Waals surface area contributed by atoms with Crippen LogP contribution in [0.1, 0.15) is 24.0 Å². The van der Waals surface area contributed by atoms with Crippen molar-refractivity contribution in [3.8, 4) is 0 Å². The van der Waals surface area contributed by atoms with Gasteiger partial charge >= 0.3 is 6.03 Å². The minimum absolute atomic E-state index is 0.0192. The number of rotatable bonds is 6. The highest BCUT2D eigenvalue weighted by atomic mass is 16.5. The number of carbonyl (C=O) groups excluding carboxylic acids is 1. The van der Waals surface area contributed by atoms with Crippen molar-refractivity contribution in [3.05, 3.63) is 83.9 Å². The second-order valence-corrected chi connectivity index (χ2v) is 7.75. The molecular weight excluding hydrogens is 360 g/mol. The van der Waals surface area contributed by atoms with Gasteiger partial charge in [-0.2, -0.15) is 0 Å². The van der Waals surface area contributed by atoms with Crippen LogP contribution in [-0.4, -0.2) is 30.6 Å². The normalized spacial score (nSPS) is 16.7. The van der Waals surface area contributed by atoms with Crippen LogP contribution in [0.15, 0.2) is 72.8 Å². The molecule has 1 aliphatic heterocycles. The maximum atomic E-state index is 12.7. The average Bonchev–Trinajstić information content (AvgIpc) is 2.78. The zero-order chi connectivity index (χ0) is 19.9. The maximum absolute atomic E-state index is 12.7. The predicted molar refractivity (Wildman–Crippen MR) is 117 cm³/mol. The Labute approximate surface area is 172 Å². The van der Waals surface area contributed by atoms with Gasteiger partial charge in [0.05, 0.1) is 13.2 Å². The molecule has 4 nitrogen and oxygen atoms in total. The molecule has 0 spiro atoms. The Morgan fingerprint density at radius 1 is 1.00 bits per heavy atom. The van der Waals surface area contributed by atoms with E-state index in [4.69, 9.17) is 4.74 Å². The molecule has 0 unspecified atom stereocenters. The molecular formula is C25H28N2O2. The summed E-state index contributed by atoms with van der Waals surface area (Å²) in [6.07, 6.45) is 2.14. The number of amides is 2. The smallest absolute Gasteiger partial charge is 0.317 e. The highest BCUT2D eigenvalue weighted by molar-refractivity contribution is 5.86. The minimum atomic E-state index is 0.0192. The predicted octanol–water partition coefficient (Wildman–Crippen LogP) is 4.98. The largest absolute Gasteiger partial charge is 0.376 e. The quantitative estimate of drug-likeness (QED) is 0.647. The first-order chi connectivity index (χ1) is 14.3. The number of urea groups is 1. The number of ether oxygens (including phenoxy) is 1. The van der Waals surface area contributed by atoms with E-state index >= 15 is 0 Å². The summed E-state index contributed by atoms with van der Waals surface area (Å²) in [5, 5.41) is 5.51. The second kappa shape index (κ2) is 9.57. The molecule has 0 radical (unpaired) electrons. The van der Waals surface area contributed by atoms with E-state index in [9.17, 15) is 4.79 Å². The van der Waals surface area contributed by atoms with Gasteiger partial charge in [0, 0.05) is 25.6 Å². The number of hydrogen-bond donors (Lipinski definition) is 1. The Bertz CT molecular complexity index is 936. The van der Waals surface area contributed by atoms with Crippen molar-refractivity contribution < 1.29 is 9.53 Å². The highest BCUT2D eigenvalue weighted by Crippen LogP contribution is 2.20. The molecule has 4 rings (SSSR count). The Balaban J connectivity index is 1.27. The average molecular weight is 389 g/mol. The van der Waals surface area contributed by atoms with E-state index in [1.165, 1.54) is 16.3 Å². The molecule has 0 saturated carbocycles. The van der Waals surface area contributed by atoms with Crippen LogP contribution >= 0.6 is 0 Å². The lowest BCUT2D eigenvalue weighted by Gasteiger charge is -2.32. The van der Waals surface area contributed by atoms with Crippen LogP contribution < -0.4 is 5.32 Å². The summed E-state index contributed by atoms with van der Waals surface area (Å²) in [5.41, 5.74) is 2.34. The standard InChI is InChI=1S/C25H28N2O2/c28-25(26-16-23-13-6-12-22-11-4-5-14-24(22)23)27-15-7-10-21(17-27)19-29-18-20-8-2-1-3-9-20/h1-6,8-9,11-14,21H,7,10,15-19H2,(H,26,28)/t21-/m1/s1. The summed E-state index contributed by atoms with van der Waals surface area (Å²) < 4.78 is 5.91. The van der Waals surface area contributed by atoms with Crippen LogP contribution in [0.2, 0.25) is 0 Å². The Morgan fingerprint density at radius 2 is 1.79 bits per heavy atom. The lowest BCUT2D eigenvalue weighted by atomic mass is 9.99. The number of nitrogens with zero attached hydrogens (tertiary/aromatic N) is 1. The number of hydrogen-bond acceptors (Lipinski definition) is 2. The fourth-order valence-corrected chi connectivity index (χ4v) is 4.03. The Hall–Kier alpha value is -2.85. The van der Waals surface area contributed by atoms with Crippen LogP contribution in [0.5, 0.6) is 0 Å². The van der Waals surface area contributed by atoms with Gasteiger partial charge < -0.3 is 15.0 Å². The van der Waals surface area contributed by atoms with E-state index in [0.29, 0.717) is 25.7 Å². The topological polar surface area (TPSA) is 41.6 Å². The Morgan fingerprint density at radius 3 is 2.69 bits per heavy atom. The molecule has 1 N–H and O–H groups in total. The van der Waals surface area contributed by atoms with Crippen molar-refractivity contribution in [2.45, 2.75) is 26.0 Å². The van der Waals surface area contributed by atoms with E-state index in [0.717, 1.165) is 31.5 Å². The van der Waals surface area contributed by atoms with E-state index < -0.39 is 0 Å². The summed E-state index contributed by atoms with van der Waals surface area (Å²) in [7, 11) is 0. The third kappa shape index (κ3) is 5.15. The molecule has 1 heterocycles. The molecule has 29 heavy (non-hydrogen) atoms. The second-order valence-electron chi connectivity index (χ2n) is 7.75. The lowest BCUT2D eigenvalue weighted by molar-refractivity contribution is 0.0590. The van der Waals surface area contributed by atoms with Crippen molar-refractivity contribution in [2.24, 2.45) is 5.92 Å². The van der Waals surface area contributed by atoms with Crippen LogP contribution in [-0.2, 0) is 17.9 Å². The highest BCUT2D eigenvalue weighted by Gasteiger charge is 2.23. The maximum Gasteiger partial charge on any atom is 0.317 e. The van der Waals surface area contributed by atoms with Gasteiger partial charge in [-0.05, 0) is 34.7 Å². The molecule has 4 heteroatoms. The number of piperidine rings is 1. The number of nitrogens with one attached hydrogen (secondary N) is 1. The molecule has 1 fully saturated rings. The van der Waals surface area contributed by atoms with Crippen molar-refractivity contribution in [3.63, 3.8) is 0 Å². The zero-order valence-corrected chi connectivity index (χ0v) is 16.7. The van der Waals surface area contributed by atoms with Gasteiger partial charge in [-0.25, -0.2) is 4.79 Å². The van der Waals surface area contributed by atoms with Gasteiger partial charge in [0.15, 0.2) is 0 Å². The summed E-state index contributed by atoms with van der Waals surface area (Å²) >= 11 is 0. The SMILES string of the molecule is O=C(NCc1cccc2ccccc12)N1CCC[C@@H](COCc2ccccc2)C1. The van der Waals surface area contributed by atoms with Crippen molar-refractivity contribution in [1.29, 1.82) is 0 Å². The first kappa shape index (κ1) is 19.5. The first-order valence-corrected chi connectivity index (χ1v) is 10.4. The number of benzene rings is 3. The molecule has 0 aromatic heterocycles. The van der Waals surface area contributed by atoms with E-state index in [1.54, 1.807) is 0 Å². The molecule has 2 amide bonds. The van der Waals surface area contributed by atoms with Gasteiger partial charge in [-0.15, -0.1) is 0 Å². The van der Waals surface area contributed by atoms with Crippen LogP contribution in [0.4, 0.5) is 4.79 Å². The molecule has 150 valence electrons. The molecule has 0 bridgehead atoms. The van der Waals surface area contributed by atoms with Gasteiger partial charge in [0.2, 0.25) is 0 Å². The summed E-state index contributed by atoms with van der Waals surface area (Å²) in [6.45, 7) is 3.45. The fourth-order valence-electron chi connectivity index (χ4n) is 4.03. The van der Waals surface area contributed by atoms with E-state index in [2.05, 4.69) is 41.7 Å². The van der Waals surface area contributed by atoms with Gasteiger partial charge in [0.1, 0.15) is 0 Å². The van der Waals surface area contributed by atoms with Crippen molar-refractivity contribution >= 4 is 16.8 Å². The molecule has 1 atom stereocenters. The molecule has 1 saturated heterocycles. The van der Waals surface area contributed by atoms with E-state index in [-0.39, 0.29) is 6.03 Å². The fraction of sp³-hybridized carbons (Fsp3) is 0.320. The third-order valence-corrected chi connectivity index (χ3v) is 5.58. The van der Waals surface area contributed by atoms with Gasteiger partial charge in [0.25, 0.3) is 0 Å². The molecule has 3 aromatic rings. The number of likely N-dealkylation sites (tertiary alicyclic amines) is 1. The van der Waals surface area contributed by atoms with Crippen LogP contribution in [0.3, 0.4) is 0 Å². The van der Waals surface area contributed by atoms with Gasteiger partial charge in [-0.3, -0.25) is 0 Å². The first-order valence-electron chi connectivity index (χ1n) is 10.4. The number of fused-ring (bicyclic) bond motifs is 1. The molecule has 0 aliphatic carbocycles. The minimum Gasteiger partial charge on any atom is -0.376 e. The van der Waals surface area contributed by atoms with Gasteiger partial charge in [-0.1, -0.05) is 72.8 Å². The van der Waals surface area contributed by atoms with Crippen LogP contribution in [0.25, 0.3) is 10.8 Å². The number of carbonyl (C=O) groups is 1. The summed E-state index contributed by atoms with van der Waals surface area (Å²) in [4.78, 5) is 14.7. The Kier molecular flexibility index (Phi) is 6.42.